The highest BCUT2D eigenvalue weighted by Crippen LogP contribution is 2.25. The maximum atomic E-state index is 5.33. The van der Waals surface area contributed by atoms with Gasteiger partial charge >= 0.3 is 0 Å². The van der Waals surface area contributed by atoms with Crippen molar-refractivity contribution >= 4 is 5.96 Å². The molecule has 1 fully saturated rings. The Morgan fingerprint density at radius 1 is 1.00 bits per heavy atom. The molecular formula is C23H32N4O. The average molecular weight is 381 g/mol. The molecule has 1 aliphatic rings. The zero-order valence-corrected chi connectivity index (χ0v) is 17.0. The van der Waals surface area contributed by atoms with Crippen LogP contribution in [0.25, 0.3) is 0 Å². The van der Waals surface area contributed by atoms with Gasteiger partial charge in [0.05, 0.1) is 13.2 Å². The van der Waals surface area contributed by atoms with E-state index >= 15 is 0 Å². The minimum atomic E-state index is 0.321. The van der Waals surface area contributed by atoms with Crippen molar-refractivity contribution in [2.75, 3.05) is 33.8 Å². The first kappa shape index (κ1) is 20.2. The Labute approximate surface area is 168 Å². The molecule has 1 atom stereocenters. The lowest BCUT2D eigenvalue weighted by Crippen LogP contribution is -2.44. The normalized spacial score (nSPS) is 16.4. The maximum Gasteiger partial charge on any atom is 0.191 e. The molecular weight excluding hydrogens is 348 g/mol. The number of likely N-dealkylation sites (tertiary alicyclic amines) is 1. The van der Waals surface area contributed by atoms with Gasteiger partial charge in [0.15, 0.2) is 5.96 Å². The number of hydrogen-bond acceptors (Lipinski definition) is 3. The zero-order valence-electron chi connectivity index (χ0n) is 17.0. The first-order chi connectivity index (χ1) is 13.8. The Hall–Kier alpha value is -2.53. The molecule has 0 saturated carbocycles. The lowest BCUT2D eigenvalue weighted by molar-refractivity contribution is 0.164. The molecule has 2 aromatic rings. The Balaban J connectivity index is 1.64. The number of benzene rings is 2. The topological polar surface area (TPSA) is 48.9 Å². The number of rotatable bonds is 7. The van der Waals surface area contributed by atoms with Crippen LogP contribution in [0.2, 0.25) is 0 Å². The van der Waals surface area contributed by atoms with Crippen molar-refractivity contribution in [3.8, 4) is 5.75 Å². The largest absolute Gasteiger partial charge is 0.497 e. The number of nitrogens with one attached hydrogen (secondary N) is 2. The molecule has 0 aliphatic carbocycles. The first-order valence-electron chi connectivity index (χ1n) is 10.2. The van der Waals surface area contributed by atoms with Gasteiger partial charge in [0.25, 0.3) is 0 Å². The summed E-state index contributed by atoms with van der Waals surface area (Å²) in [7, 11) is 3.53. The van der Waals surface area contributed by atoms with E-state index in [1.807, 2.05) is 13.1 Å². The summed E-state index contributed by atoms with van der Waals surface area (Å²) in [6.45, 7) is 3.88. The lowest BCUT2D eigenvalue weighted by Gasteiger charge is -2.35. The molecule has 2 aromatic carbocycles. The Morgan fingerprint density at radius 2 is 1.71 bits per heavy atom. The van der Waals surface area contributed by atoms with E-state index in [1.54, 1.807) is 7.11 Å². The molecule has 3 rings (SSSR count). The van der Waals surface area contributed by atoms with Crippen LogP contribution >= 0.6 is 0 Å². The van der Waals surface area contributed by atoms with Crippen LogP contribution in [0.1, 0.15) is 36.4 Å². The van der Waals surface area contributed by atoms with Crippen molar-refractivity contribution in [3.05, 3.63) is 65.7 Å². The zero-order chi connectivity index (χ0) is 19.6. The van der Waals surface area contributed by atoms with Crippen molar-refractivity contribution in [1.82, 2.24) is 15.5 Å². The van der Waals surface area contributed by atoms with Crippen LogP contribution in [0.15, 0.2) is 59.6 Å². The van der Waals surface area contributed by atoms with Gasteiger partial charge in [0.2, 0.25) is 0 Å². The molecule has 1 aliphatic heterocycles. The van der Waals surface area contributed by atoms with E-state index in [4.69, 9.17) is 4.74 Å². The van der Waals surface area contributed by atoms with Crippen molar-refractivity contribution in [2.45, 2.75) is 31.8 Å². The van der Waals surface area contributed by atoms with E-state index in [9.17, 15) is 0 Å². The summed E-state index contributed by atoms with van der Waals surface area (Å²) in [5.41, 5.74) is 2.56. The van der Waals surface area contributed by atoms with Crippen LogP contribution in [0.3, 0.4) is 0 Å². The molecule has 0 amide bonds. The number of aliphatic imine (C=N–C) groups is 1. The Morgan fingerprint density at radius 3 is 2.36 bits per heavy atom. The summed E-state index contributed by atoms with van der Waals surface area (Å²) < 4.78 is 5.33. The highest BCUT2D eigenvalue weighted by molar-refractivity contribution is 5.79. The predicted octanol–water partition coefficient (Wildman–Crippen LogP) is 3.59. The fourth-order valence-corrected chi connectivity index (χ4v) is 3.71. The van der Waals surface area contributed by atoms with Crippen LogP contribution in [0.4, 0.5) is 0 Å². The summed E-state index contributed by atoms with van der Waals surface area (Å²) >= 11 is 0. The van der Waals surface area contributed by atoms with Gasteiger partial charge in [-0.1, -0.05) is 48.9 Å². The number of methoxy groups -OCH3 is 1. The second kappa shape index (κ2) is 10.7. The molecule has 2 N–H and O–H groups in total. The fraction of sp³-hybridized carbons (Fsp3) is 0.435. The lowest BCUT2D eigenvalue weighted by atomic mass is 10.0. The molecule has 0 radical (unpaired) electrons. The number of nitrogens with zero attached hydrogens (tertiary/aromatic N) is 2. The summed E-state index contributed by atoms with van der Waals surface area (Å²) in [5, 5.41) is 6.94. The average Bonchev–Trinajstić information content (AvgIpc) is 2.78. The smallest absolute Gasteiger partial charge is 0.191 e. The van der Waals surface area contributed by atoms with Crippen molar-refractivity contribution < 1.29 is 4.74 Å². The van der Waals surface area contributed by atoms with E-state index in [2.05, 4.69) is 69.1 Å². The molecule has 28 heavy (non-hydrogen) atoms. The quantitative estimate of drug-likeness (QED) is 0.569. The van der Waals surface area contributed by atoms with Gasteiger partial charge in [0.1, 0.15) is 5.75 Å². The summed E-state index contributed by atoms with van der Waals surface area (Å²) in [6.07, 6.45) is 3.88. The van der Waals surface area contributed by atoms with Crippen LogP contribution in [0, 0.1) is 0 Å². The summed E-state index contributed by atoms with van der Waals surface area (Å²) in [5.74, 6) is 1.73. The summed E-state index contributed by atoms with van der Waals surface area (Å²) in [4.78, 5) is 6.98. The third kappa shape index (κ3) is 5.73. The predicted molar refractivity (Wildman–Crippen MR) is 116 cm³/mol. The van der Waals surface area contributed by atoms with Gasteiger partial charge in [-0.2, -0.15) is 0 Å². The SMILES string of the molecule is CN=C(NCc1ccccc1)NCC(c1ccc(OC)cc1)N1CCCCC1. The molecule has 1 unspecified atom stereocenters. The number of hydrogen-bond donors (Lipinski definition) is 2. The standard InChI is InChI=1S/C23H32N4O/c1-24-23(25-17-19-9-5-3-6-10-19)26-18-22(27-15-7-4-8-16-27)20-11-13-21(28-2)14-12-20/h3,5-6,9-14,22H,4,7-8,15-18H2,1-2H3,(H2,24,25,26). The van der Waals surface area contributed by atoms with E-state index in [0.717, 1.165) is 37.9 Å². The summed E-state index contributed by atoms with van der Waals surface area (Å²) in [6, 6.07) is 19.2. The molecule has 5 heteroatoms. The van der Waals surface area contributed by atoms with Gasteiger partial charge in [-0.05, 0) is 49.2 Å². The number of ether oxygens (including phenoxy) is 1. The molecule has 0 spiro atoms. The molecule has 0 bridgehead atoms. The van der Waals surface area contributed by atoms with E-state index < -0.39 is 0 Å². The van der Waals surface area contributed by atoms with Gasteiger partial charge in [0, 0.05) is 20.1 Å². The Kier molecular flexibility index (Phi) is 7.73. The third-order valence-electron chi connectivity index (χ3n) is 5.32. The molecule has 5 nitrogen and oxygen atoms in total. The van der Waals surface area contributed by atoms with Crippen LogP contribution in [-0.4, -0.2) is 44.7 Å². The van der Waals surface area contributed by atoms with E-state index in [1.165, 1.54) is 30.4 Å². The van der Waals surface area contributed by atoms with Crippen molar-refractivity contribution in [3.63, 3.8) is 0 Å². The van der Waals surface area contributed by atoms with Gasteiger partial charge in [-0.25, -0.2) is 0 Å². The van der Waals surface area contributed by atoms with Crippen LogP contribution in [-0.2, 0) is 6.54 Å². The maximum absolute atomic E-state index is 5.33. The van der Waals surface area contributed by atoms with Crippen LogP contribution in [0.5, 0.6) is 5.75 Å². The van der Waals surface area contributed by atoms with Gasteiger partial charge in [-0.15, -0.1) is 0 Å². The van der Waals surface area contributed by atoms with E-state index in [0.29, 0.717) is 6.04 Å². The monoisotopic (exact) mass is 380 g/mol. The van der Waals surface area contributed by atoms with Crippen LogP contribution < -0.4 is 15.4 Å². The second-order valence-electron chi connectivity index (χ2n) is 7.18. The third-order valence-corrected chi connectivity index (χ3v) is 5.32. The number of piperidine rings is 1. The number of guanidine groups is 1. The molecule has 1 heterocycles. The van der Waals surface area contributed by atoms with Gasteiger partial charge < -0.3 is 15.4 Å². The Bertz CT molecular complexity index is 724. The van der Waals surface area contributed by atoms with Gasteiger partial charge in [-0.3, -0.25) is 9.89 Å². The minimum Gasteiger partial charge on any atom is -0.497 e. The highest BCUT2D eigenvalue weighted by atomic mass is 16.5. The molecule has 150 valence electrons. The minimum absolute atomic E-state index is 0.321. The van der Waals surface area contributed by atoms with Crippen molar-refractivity contribution in [2.24, 2.45) is 4.99 Å². The fourth-order valence-electron chi connectivity index (χ4n) is 3.71. The highest BCUT2D eigenvalue weighted by Gasteiger charge is 2.22. The van der Waals surface area contributed by atoms with Crippen molar-refractivity contribution in [1.29, 1.82) is 0 Å². The molecule has 0 aromatic heterocycles. The molecule has 1 saturated heterocycles. The first-order valence-corrected chi connectivity index (χ1v) is 10.2. The second-order valence-corrected chi connectivity index (χ2v) is 7.18. The van der Waals surface area contributed by atoms with E-state index in [-0.39, 0.29) is 0 Å².